The van der Waals surface area contributed by atoms with Crippen LogP contribution in [0.2, 0.25) is 0 Å². The first kappa shape index (κ1) is 14.8. The van der Waals surface area contributed by atoms with Crippen LogP contribution in [0, 0.1) is 0 Å². The summed E-state index contributed by atoms with van der Waals surface area (Å²) in [4.78, 5) is 15.4. The number of anilines is 1. The van der Waals surface area contributed by atoms with Crippen molar-refractivity contribution in [1.82, 2.24) is 20.1 Å². The molecule has 0 aromatic carbocycles. The quantitative estimate of drug-likeness (QED) is 0.789. The molecule has 0 unspecified atom stereocenters. The van der Waals surface area contributed by atoms with Gasteiger partial charge < -0.3 is 15.2 Å². The van der Waals surface area contributed by atoms with Crippen molar-refractivity contribution in [3.8, 4) is 23.0 Å². The highest BCUT2D eigenvalue weighted by Gasteiger charge is 2.18. The lowest BCUT2D eigenvalue weighted by Crippen LogP contribution is -2.40. The number of piperidine rings is 1. The average Bonchev–Trinajstić information content (AvgIpc) is 3.13. The number of pyridine rings is 2. The zero-order valence-corrected chi connectivity index (χ0v) is 13.2. The van der Waals surface area contributed by atoms with Crippen LogP contribution in [0.4, 0.5) is 5.82 Å². The summed E-state index contributed by atoms with van der Waals surface area (Å²) in [6, 6.07) is 9.82. The van der Waals surface area contributed by atoms with Crippen molar-refractivity contribution in [3.63, 3.8) is 0 Å². The van der Waals surface area contributed by atoms with E-state index in [0.717, 1.165) is 37.3 Å². The Bertz CT molecular complexity index is 793. The van der Waals surface area contributed by atoms with Gasteiger partial charge in [-0.05, 0) is 37.1 Å². The van der Waals surface area contributed by atoms with Crippen LogP contribution in [0.1, 0.15) is 12.8 Å². The minimum Gasteiger partial charge on any atom is -0.357 e. The van der Waals surface area contributed by atoms with Gasteiger partial charge in [-0.25, -0.2) is 4.98 Å². The van der Waals surface area contributed by atoms with Crippen LogP contribution in [0.15, 0.2) is 47.2 Å². The van der Waals surface area contributed by atoms with Gasteiger partial charge in [0, 0.05) is 31.5 Å². The minimum absolute atomic E-state index is 0.309. The van der Waals surface area contributed by atoms with E-state index in [-0.39, 0.29) is 0 Å². The van der Waals surface area contributed by atoms with Crippen LogP contribution in [0.5, 0.6) is 0 Å². The first-order chi connectivity index (χ1) is 11.8. The number of hydrogen-bond acceptors (Lipinski definition) is 7. The zero-order valence-electron chi connectivity index (χ0n) is 13.2. The van der Waals surface area contributed by atoms with E-state index in [2.05, 4.69) is 25.0 Å². The van der Waals surface area contributed by atoms with Crippen LogP contribution in [0.3, 0.4) is 0 Å². The van der Waals surface area contributed by atoms with E-state index in [1.54, 1.807) is 12.4 Å². The molecular formula is C17H18N6O. The lowest BCUT2D eigenvalue weighted by molar-refractivity contribution is 0.432. The van der Waals surface area contributed by atoms with Crippen molar-refractivity contribution >= 4 is 5.82 Å². The smallest absolute Gasteiger partial charge is 0.259 e. The summed E-state index contributed by atoms with van der Waals surface area (Å²) in [5.74, 6) is 1.87. The molecule has 24 heavy (non-hydrogen) atoms. The Hall–Kier alpha value is -2.80. The number of nitrogens with zero attached hydrogens (tertiary/aromatic N) is 5. The molecule has 0 spiro atoms. The highest BCUT2D eigenvalue weighted by Crippen LogP contribution is 2.23. The van der Waals surface area contributed by atoms with Gasteiger partial charge in [0.05, 0.1) is 5.56 Å². The molecule has 0 aliphatic carbocycles. The van der Waals surface area contributed by atoms with E-state index < -0.39 is 0 Å². The molecule has 0 radical (unpaired) electrons. The summed E-state index contributed by atoms with van der Waals surface area (Å²) in [5.41, 5.74) is 7.42. The zero-order chi connectivity index (χ0) is 16.4. The van der Waals surface area contributed by atoms with E-state index in [1.807, 2.05) is 30.3 Å². The summed E-state index contributed by atoms with van der Waals surface area (Å²) in [7, 11) is 0. The van der Waals surface area contributed by atoms with Gasteiger partial charge in [0.15, 0.2) is 0 Å². The summed E-state index contributed by atoms with van der Waals surface area (Å²) < 4.78 is 5.33. The van der Waals surface area contributed by atoms with Gasteiger partial charge in [-0.15, -0.1) is 0 Å². The Labute approximate surface area is 139 Å². The molecule has 3 aromatic heterocycles. The fourth-order valence-corrected chi connectivity index (χ4v) is 2.77. The second-order valence-electron chi connectivity index (χ2n) is 5.87. The number of hydrogen-bond donors (Lipinski definition) is 1. The van der Waals surface area contributed by atoms with Crippen molar-refractivity contribution in [2.45, 2.75) is 18.9 Å². The third kappa shape index (κ3) is 2.98. The Balaban J connectivity index is 1.52. The van der Waals surface area contributed by atoms with Gasteiger partial charge in [-0.3, -0.25) is 4.98 Å². The molecule has 1 saturated heterocycles. The molecule has 4 rings (SSSR count). The molecule has 0 bridgehead atoms. The third-order valence-corrected chi connectivity index (χ3v) is 4.18. The van der Waals surface area contributed by atoms with Crippen LogP contribution >= 0.6 is 0 Å². The standard InChI is InChI=1S/C17H18N6O/c18-13-6-9-23(10-7-13)15-5-4-12(11-20-15)17-21-16(22-24-17)14-3-1-2-8-19-14/h1-5,8,11,13H,6-7,9-10,18H2. The average molecular weight is 322 g/mol. The summed E-state index contributed by atoms with van der Waals surface area (Å²) in [5, 5.41) is 3.98. The molecule has 0 amide bonds. The van der Waals surface area contributed by atoms with Gasteiger partial charge in [-0.2, -0.15) is 4.98 Å². The molecule has 4 heterocycles. The number of aromatic nitrogens is 4. The Morgan fingerprint density at radius 1 is 1.08 bits per heavy atom. The lowest BCUT2D eigenvalue weighted by atomic mass is 10.1. The van der Waals surface area contributed by atoms with Crippen molar-refractivity contribution < 1.29 is 4.52 Å². The molecule has 3 aromatic rings. The van der Waals surface area contributed by atoms with Crippen LogP contribution < -0.4 is 10.6 Å². The first-order valence-electron chi connectivity index (χ1n) is 8.02. The Morgan fingerprint density at radius 2 is 1.96 bits per heavy atom. The fourth-order valence-electron chi connectivity index (χ4n) is 2.77. The maximum Gasteiger partial charge on any atom is 0.259 e. The summed E-state index contributed by atoms with van der Waals surface area (Å²) in [6.07, 6.45) is 5.47. The Kier molecular flexibility index (Phi) is 3.92. The van der Waals surface area contributed by atoms with E-state index in [4.69, 9.17) is 10.3 Å². The summed E-state index contributed by atoms with van der Waals surface area (Å²) in [6.45, 7) is 1.88. The fraction of sp³-hybridized carbons (Fsp3) is 0.294. The van der Waals surface area contributed by atoms with Gasteiger partial charge in [0.2, 0.25) is 5.82 Å². The predicted octanol–water partition coefficient (Wildman–Crippen LogP) is 2.12. The van der Waals surface area contributed by atoms with E-state index in [9.17, 15) is 0 Å². The van der Waals surface area contributed by atoms with Gasteiger partial charge in [0.1, 0.15) is 11.5 Å². The number of rotatable bonds is 3. The summed E-state index contributed by atoms with van der Waals surface area (Å²) >= 11 is 0. The Morgan fingerprint density at radius 3 is 2.67 bits per heavy atom. The van der Waals surface area contributed by atoms with Crippen molar-refractivity contribution in [1.29, 1.82) is 0 Å². The van der Waals surface area contributed by atoms with Crippen molar-refractivity contribution in [2.75, 3.05) is 18.0 Å². The molecule has 1 aliphatic heterocycles. The van der Waals surface area contributed by atoms with Gasteiger partial charge >= 0.3 is 0 Å². The topological polar surface area (TPSA) is 94.0 Å². The van der Waals surface area contributed by atoms with Crippen LogP contribution in [-0.4, -0.2) is 39.2 Å². The molecular weight excluding hydrogens is 304 g/mol. The molecule has 2 N–H and O–H groups in total. The maximum atomic E-state index is 5.95. The largest absolute Gasteiger partial charge is 0.357 e. The van der Waals surface area contributed by atoms with E-state index in [1.165, 1.54) is 0 Å². The van der Waals surface area contributed by atoms with E-state index >= 15 is 0 Å². The highest BCUT2D eigenvalue weighted by atomic mass is 16.5. The predicted molar refractivity (Wildman–Crippen MR) is 90.2 cm³/mol. The molecule has 7 nitrogen and oxygen atoms in total. The number of nitrogens with two attached hydrogens (primary N) is 1. The van der Waals surface area contributed by atoms with Gasteiger partial charge in [-0.1, -0.05) is 11.2 Å². The van der Waals surface area contributed by atoms with Crippen molar-refractivity contribution in [3.05, 3.63) is 42.7 Å². The SMILES string of the molecule is NC1CCN(c2ccc(-c3nc(-c4ccccn4)no3)cn2)CC1. The van der Waals surface area contributed by atoms with Crippen LogP contribution in [0.25, 0.3) is 23.0 Å². The molecule has 1 aliphatic rings. The van der Waals surface area contributed by atoms with Crippen LogP contribution in [-0.2, 0) is 0 Å². The minimum atomic E-state index is 0.309. The third-order valence-electron chi connectivity index (χ3n) is 4.18. The monoisotopic (exact) mass is 322 g/mol. The van der Waals surface area contributed by atoms with Gasteiger partial charge in [0.25, 0.3) is 5.89 Å². The van der Waals surface area contributed by atoms with E-state index in [0.29, 0.717) is 23.5 Å². The molecule has 122 valence electrons. The first-order valence-corrected chi connectivity index (χ1v) is 8.02. The molecule has 0 atom stereocenters. The highest BCUT2D eigenvalue weighted by molar-refractivity contribution is 5.58. The van der Waals surface area contributed by atoms with Crippen molar-refractivity contribution in [2.24, 2.45) is 5.73 Å². The molecule has 7 heteroatoms. The maximum absolute atomic E-state index is 5.95. The second kappa shape index (κ2) is 6.37. The second-order valence-corrected chi connectivity index (χ2v) is 5.87. The molecule has 0 saturated carbocycles. The lowest BCUT2D eigenvalue weighted by Gasteiger charge is -2.31. The normalized spacial score (nSPS) is 15.6. The molecule has 1 fully saturated rings.